The first-order chi connectivity index (χ1) is 10.2. The summed E-state index contributed by atoms with van der Waals surface area (Å²) in [6.45, 7) is 1.17. The predicted molar refractivity (Wildman–Crippen MR) is 77.2 cm³/mol. The van der Waals surface area contributed by atoms with Crippen LogP contribution in [-0.4, -0.2) is 30.0 Å². The van der Waals surface area contributed by atoms with Gasteiger partial charge in [0.15, 0.2) is 5.76 Å². The third kappa shape index (κ3) is 4.86. The Morgan fingerprint density at radius 3 is 2.57 bits per heavy atom. The van der Waals surface area contributed by atoms with Gasteiger partial charge in [-0.3, -0.25) is 14.9 Å². The molecule has 1 fully saturated rings. The number of furan rings is 1. The maximum atomic E-state index is 11.7. The molecule has 1 aliphatic carbocycles. The zero-order valence-corrected chi connectivity index (χ0v) is 12.0. The number of hydrogen-bond acceptors (Lipinski definition) is 5. The number of amides is 1. The van der Waals surface area contributed by atoms with Gasteiger partial charge >= 0.3 is 5.88 Å². The van der Waals surface area contributed by atoms with Crippen LogP contribution in [0.3, 0.4) is 0 Å². The smallest absolute Gasteiger partial charge is 0.395 e. The van der Waals surface area contributed by atoms with Crippen LogP contribution in [0.15, 0.2) is 16.5 Å². The highest BCUT2D eigenvalue weighted by molar-refractivity contribution is 5.91. The Bertz CT molecular complexity index is 478. The lowest BCUT2D eigenvalue weighted by molar-refractivity contribution is -0.402. The van der Waals surface area contributed by atoms with Gasteiger partial charge in [0.1, 0.15) is 4.92 Å². The summed E-state index contributed by atoms with van der Waals surface area (Å²) < 4.78 is 4.84. The minimum absolute atomic E-state index is 0.0313. The van der Waals surface area contributed by atoms with E-state index in [9.17, 15) is 14.9 Å². The summed E-state index contributed by atoms with van der Waals surface area (Å²) in [5.41, 5.74) is 0. The molecule has 7 nitrogen and oxygen atoms in total. The SMILES string of the molecule is O=C(NCCNC1CCCCCC1)c1ccc([N+](=O)[O-])o1. The molecule has 0 atom stereocenters. The number of rotatable bonds is 6. The van der Waals surface area contributed by atoms with Gasteiger partial charge in [0.25, 0.3) is 5.91 Å². The molecule has 116 valence electrons. The summed E-state index contributed by atoms with van der Waals surface area (Å²) in [4.78, 5) is 21.5. The molecule has 0 saturated heterocycles. The number of nitrogens with one attached hydrogen (secondary N) is 2. The maximum Gasteiger partial charge on any atom is 0.433 e. The normalized spacial score (nSPS) is 16.4. The quantitative estimate of drug-likeness (QED) is 0.363. The van der Waals surface area contributed by atoms with Gasteiger partial charge in [-0.25, -0.2) is 0 Å². The molecule has 2 N–H and O–H groups in total. The van der Waals surface area contributed by atoms with Crippen LogP contribution < -0.4 is 10.6 Å². The number of nitrogens with zero attached hydrogens (tertiary/aromatic N) is 1. The Morgan fingerprint density at radius 2 is 1.95 bits per heavy atom. The highest BCUT2D eigenvalue weighted by Gasteiger charge is 2.17. The fourth-order valence-corrected chi connectivity index (χ4v) is 2.57. The number of nitro groups is 1. The van der Waals surface area contributed by atoms with E-state index in [1.165, 1.54) is 50.7 Å². The Hall–Kier alpha value is -1.89. The summed E-state index contributed by atoms with van der Waals surface area (Å²) in [6.07, 6.45) is 7.54. The van der Waals surface area contributed by atoms with E-state index in [0.717, 1.165) is 0 Å². The first-order valence-corrected chi connectivity index (χ1v) is 7.42. The average Bonchev–Trinajstić information content (AvgIpc) is 2.82. The Labute approximate surface area is 123 Å². The van der Waals surface area contributed by atoms with E-state index in [4.69, 9.17) is 4.42 Å². The van der Waals surface area contributed by atoms with Gasteiger partial charge in [0.2, 0.25) is 0 Å². The van der Waals surface area contributed by atoms with E-state index in [2.05, 4.69) is 10.6 Å². The van der Waals surface area contributed by atoms with Crippen LogP contribution in [0.25, 0.3) is 0 Å². The summed E-state index contributed by atoms with van der Waals surface area (Å²) in [5, 5.41) is 16.6. The molecule has 1 amide bonds. The van der Waals surface area contributed by atoms with Crippen LogP contribution in [0.1, 0.15) is 49.1 Å². The van der Waals surface area contributed by atoms with E-state index in [0.29, 0.717) is 19.1 Å². The van der Waals surface area contributed by atoms with Crippen LogP contribution in [0.4, 0.5) is 5.88 Å². The fraction of sp³-hybridized carbons (Fsp3) is 0.643. The summed E-state index contributed by atoms with van der Waals surface area (Å²) in [6, 6.07) is 3.03. The van der Waals surface area contributed by atoms with Crippen molar-refractivity contribution < 1.29 is 14.1 Å². The van der Waals surface area contributed by atoms with Crippen molar-refractivity contribution in [2.75, 3.05) is 13.1 Å². The van der Waals surface area contributed by atoms with Crippen molar-refractivity contribution in [1.82, 2.24) is 10.6 Å². The van der Waals surface area contributed by atoms with E-state index in [1.54, 1.807) is 0 Å². The van der Waals surface area contributed by atoms with Crippen LogP contribution in [-0.2, 0) is 0 Å². The van der Waals surface area contributed by atoms with E-state index < -0.39 is 16.7 Å². The lowest BCUT2D eigenvalue weighted by Crippen LogP contribution is -2.36. The van der Waals surface area contributed by atoms with Crippen LogP contribution in [0.2, 0.25) is 0 Å². The van der Waals surface area contributed by atoms with Crippen LogP contribution >= 0.6 is 0 Å². The van der Waals surface area contributed by atoms with Crippen molar-refractivity contribution in [3.05, 3.63) is 28.0 Å². The topological polar surface area (TPSA) is 97.4 Å². The molecule has 1 aliphatic rings. The molecule has 21 heavy (non-hydrogen) atoms. The second-order valence-corrected chi connectivity index (χ2v) is 5.29. The van der Waals surface area contributed by atoms with Gasteiger partial charge in [-0.05, 0) is 18.9 Å². The molecule has 2 rings (SSSR count). The molecule has 1 aromatic heterocycles. The number of carbonyl (C=O) groups is 1. The minimum Gasteiger partial charge on any atom is -0.395 e. The molecule has 1 heterocycles. The van der Waals surface area contributed by atoms with E-state index in [-0.39, 0.29) is 5.76 Å². The summed E-state index contributed by atoms with van der Waals surface area (Å²) in [5.74, 6) is -0.876. The lowest BCUT2D eigenvalue weighted by atomic mass is 10.1. The lowest BCUT2D eigenvalue weighted by Gasteiger charge is -2.16. The van der Waals surface area contributed by atoms with Gasteiger partial charge in [-0.2, -0.15) is 0 Å². The van der Waals surface area contributed by atoms with Gasteiger partial charge in [0.05, 0.1) is 6.07 Å². The van der Waals surface area contributed by atoms with E-state index in [1.807, 2.05) is 0 Å². The Morgan fingerprint density at radius 1 is 1.24 bits per heavy atom. The standard InChI is InChI=1S/C14H21N3O4/c18-14(12-7-8-13(21-12)17(19)20)16-10-9-15-11-5-3-1-2-4-6-11/h7-8,11,15H,1-6,9-10H2,(H,16,18). The molecule has 0 aliphatic heterocycles. The highest BCUT2D eigenvalue weighted by atomic mass is 16.6. The highest BCUT2D eigenvalue weighted by Crippen LogP contribution is 2.17. The van der Waals surface area contributed by atoms with Crippen molar-refractivity contribution in [1.29, 1.82) is 0 Å². The second-order valence-electron chi connectivity index (χ2n) is 5.29. The maximum absolute atomic E-state index is 11.7. The number of carbonyl (C=O) groups excluding carboxylic acids is 1. The van der Waals surface area contributed by atoms with Crippen molar-refractivity contribution in [2.24, 2.45) is 0 Å². The third-order valence-electron chi connectivity index (χ3n) is 3.69. The fourth-order valence-electron chi connectivity index (χ4n) is 2.57. The summed E-state index contributed by atoms with van der Waals surface area (Å²) >= 11 is 0. The minimum atomic E-state index is -0.662. The van der Waals surface area contributed by atoms with Gasteiger partial charge in [0, 0.05) is 19.1 Å². The first kappa shape index (κ1) is 15.5. The van der Waals surface area contributed by atoms with Crippen LogP contribution in [0, 0.1) is 10.1 Å². The van der Waals surface area contributed by atoms with Crippen molar-refractivity contribution in [2.45, 2.75) is 44.6 Å². The molecular weight excluding hydrogens is 274 g/mol. The zero-order chi connectivity index (χ0) is 15.1. The van der Waals surface area contributed by atoms with Crippen LogP contribution in [0.5, 0.6) is 0 Å². The van der Waals surface area contributed by atoms with Gasteiger partial charge in [-0.1, -0.05) is 25.7 Å². The van der Waals surface area contributed by atoms with Gasteiger partial charge < -0.3 is 15.1 Å². The predicted octanol–water partition coefficient (Wildman–Crippen LogP) is 2.23. The summed E-state index contributed by atoms with van der Waals surface area (Å²) in [7, 11) is 0. The first-order valence-electron chi connectivity index (χ1n) is 7.42. The monoisotopic (exact) mass is 295 g/mol. The van der Waals surface area contributed by atoms with Crippen molar-refractivity contribution in [3.8, 4) is 0 Å². The van der Waals surface area contributed by atoms with Crippen molar-refractivity contribution >= 4 is 11.8 Å². The molecule has 1 aromatic rings. The largest absolute Gasteiger partial charge is 0.433 e. The molecule has 0 bridgehead atoms. The second kappa shape index (κ2) is 7.78. The van der Waals surface area contributed by atoms with Gasteiger partial charge in [-0.15, -0.1) is 0 Å². The van der Waals surface area contributed by atoms with Crippen molar-refractivity contribution in [3.63, 3.8) is 0 Å². The molecule has 0 unspecified atom stereocenters. The molecule has 0 spiro atoms. The zero-order valence-electron chi connectivity index (χ0n) is 12.0. The number of hydrogen-bond donors (Lipinski definition) is 2. The molecule has 0 aromatic carbocycles. The Kier molecular flexibility index (Phi) is 5.74. The molecular formula is C14H21N3O4. The molecule has 1 saturated carbocycles. The Balaban J connectivity index is 1.67. The van der Waals surface area contributed by atoms with E-state index >= 15 is 0 Å². The average molecular weight is 295 g/mol. The third-order valence-corrected chi connectivity index (χ3v) is 3.69. The molecule has 0 radical (unpaired) electrons. The molecule has 7 heteroatoms.